The summed E-state index contributed by atoms with van der Waals surface area (Å²) in [5.41, 5.74) is 0.453. The van der Waals surface area contributed by atoms with Gasteiger partial charge in [0.15, 0.2) is 0 Å². The van der Waals surface area contributed by atoms with Gasteiger partial charge in [-0.25, -0.2) is 9.59 Å². The van der Waals surface area contributed by atoms with Crippen molar-refractivity contribution in [1.82, 2.24) is 4.90 Å². The Morgan fingerprint density at radius 2 is 1.96 bits per heavy atom. The van der Waals surface area contributed by atoms with Gasteiger partial charge < -0.3 is 20.4 Å². The van der Waals surface area contributed by atoms with Gasteiger partial charge in [-0.2, -0.15) is 0 Å². The van der Waals surface area contributed by atoms with Crippen LogP contribution in [0.4, 0.5) is 10.5 Å². The number of likely N-dealkylation sites (tertiary alicyclic amines) is 1. The molecule has 126 valence electrons. The van der Waals surface area contributed by atoms with Gasteiger partial charge in [-0.15, -0.1) is 0 Å². The third kappa shape index (κ3) is 4.37. The predicted molar refractivity (Wildman–Crippen MR) is 75.6 cm³/mol. The normalized spacial score (nSPS) is 19.8. The largest absolute Gasteiger partial charge is 0.480 e. The number of aliphatic hydroxyl groups is 1. The number of carbonyl (C=O) groups excluding carboxylic acids is 1. The molecule has 23 heavy (non-hydrogen) atoms. The number of carboxylic acid groups (broad SMARTS) is 1. The minimum absolute atomic E-state index is 0. The van der Waals surface area contributed by atoms with Crippen LogP contribution in [0, 0.1) is 10.1 Å². The fourth-order valence-electron chi connectivity index (χ4n) is 2.19. The Kier molecular flexibility index (Phi) is 5.99. The second-order valence-electron chi connectivity index (χ2n) is 4.87. The summed E-state index contributed by atoms with van der Waals surface area (Å²) in [5.74, 6) is -1.20. The van der Waals surface area contributed by atoms with Crippen LogP contribution in [0.5, 0.6) is 0 Å². The fraction of sp³-hybridized carbons (Fsp3) is 0.385. The van der Waals surface area contributed by atoms with Gasteiger partial charge in [-0.1, -0.05) is 0 Å². The Balaban J connectivity index is 0.00000264. The topological polar surface area (TPSA) is 162 Å². The molecule has 0 unspecified atom stereocenters. The maximum atomic E-state index is 11.9. The van der Waals surface area contributed by atoms with Crippen molar-refractivity contribution in [2.24, 2.45) is 0 Å². The van der Waals surface area contributed by atoms with Gasteiger partial charge in [-0.05, 0) is 17.7 Å². The highest BCUT2D eigenvalue weighted by atomic mass is 16.6. The van der Waals surface area contributed by atoms with Crippen LogP contribution in [0.3, 0.4) is 0 Å². The maximum Gasteiger partial charge on any atom is 0.410 e. The molecule has 1 heterocycles. The molecule has 1 aromatic carbocycles. The Morgan fingerprint density at radius 3 is 2.48 bits per heavy atom. The van der Waals surface area contributed by atoms with Crippen LogP contribution >= 0.6 is 0 Å². The number of ether oxygens (including phenoxy) is 1. The van der Waals surface area contributed by atoms with E-state index >= 15 is 0 Å². The molecule has 2 rings (SSSR count). The van der Waals surface area contributed by atoms with Gasteiger partial charge in [0, 0.05) is 18.6 Å². The van der Waals surface area contributed by atoms with E-state index in [9.17, 15) is 24.8 Å². The van der Waals surface area contributed by atoms with Crippen molar-refractivity contribution in [3.8, 4) is 0 Å². The fourth-order valence-corrected chi connectivity index (χ4v) is 2.19. The first kappa shape index (κ1) is 18.3. The minimum atomic E-state index is -1.20. The molecule has 10 heteroatoms. The van der Waals surface area contributed by atoms with Crippen LogP contribution < -0.4 is 0 Å². The van der Waals surface area contributed by atoms with Crippen LogP contribution in [0.15, 0.2) is 24.3 Å². The molecule has 0 aromatic heterocycles. The molecular weight excluding hydrogens is 312 g/mol. The van der Waals surface area contributed by atoms with Crippen LogP contribution in [-0.4, -0.2) is 56.3 Å². The second kappa shape index (κ2) is 7.51. The molecule has 0 radical (unpaired) electrons. The molecule has 1 amide bonds. The molecule has 10 nitrogen and oxygen atoms in total. The van der Waals surface area contributed by atoms with Gasteiger partial charge in [0.05, 0.1) is 17.6 Å². The number of benzene rings is 1. The zero-order chi connectivity index (χ0) is 16.3. The number of nitrogens with zero attached hydrogens (tertiary/aromatic N) is 2. The highest BCUT2D eigenvalue weighted by Crippen LogP contribution is 2.20. The lowest BCUT2D eigenvalue weighted by molar-refractivity contribution is -0.384. The van der Waals surface area contributed by atoms with Crippen LogP contribution in [0.25, 0.3) is 0 Å². The lowest BCUT2D eigenvalue weighted by Crippen LogP contribution is -2.40. The first-order chi connectivity index (χ1) is 10.4. The Hall–Kier alpha value is -2.72. The molecule has 1 aliphatic rings. The summed E-state index contributed by atoms with van der Waals surface area (Å²) < 4.78 is 4.98. The molecule has 4 N–H and O–H groups in total. The average Bonchev–Trinajstić information content (AvgIpc) is 2.87. The van der Waals surface area contributed by atoms with Gasteiger partial charge in [0.25, 0.3) is 5.69 Å². The highest BCUT2D eigenvalue weighted by Gasteiger charge is 2.39. The standard InChI is InChI=1S/C13H14N2O7.H2O/c16-10-5-11(12(17)18)14(6-10)13(19)22-7-8-1-3-9(4-2-8)15(20)21;/h1-4,10-11,16H,5-7H2,(H,17,18);1H2/t10-,11+;/m1./s1. The smallest absolute Gasteiger partial charge is 0.410 e. The van der Waals surface area contributed by atoms with E-state index in [0.717, 1.165) is 4.90 Å². The number of non-ortho nitro benzene ring substituents is 1. The van der Waals surface area contributed by atoms with E-state index in [1.807, 2.05) is 0 Å². The number of nitro groups is 1. The van der Waals surface area contributed by atoms with E-state index < -0.39 is 29.1 Å². The number of carbonyl (C=O) groups is 2. The Morgan fingerprint density at radius 1 is 1.35 bits per heavy atom. The molecule has 0 spiro atoms. The molecule has 1 aromatic rings. The molecule has 1 fully saturated rings. The third-order valence-electron chi connectivity index (χ3n) is 3.31. The van der Waals surface area contributed by atoms with Crippen molar-refractivity contribution in [1.29, 1.82) is 0 Å². The summed E-state index contributed by atoms with van der Waals surface area (Å²) in [6, 6.07) is 4.34. The van der Waals surface area contributed by atoms with E-state index in [0.29, 0.717) is 5.56 Å². The number of aliphatic hydroxyl groups excluding tert-OH is 1. The molecule has 0 bridgehead atoms. The minimum Gasteiger partial charge on any atom is -0.480 e. The monoisotopic (exact) mass is 328 g/mol. The van der Waals surface area contributed by atoms with Gasteiger partial charge in [0.2, 0.25) is 0 Å². The van der Waals surface area contributed by atoms with Crippen molar-refractivity contribution < 1.29 is 34.9 Å². The lowest BCUT2D eigenvalue weighted by atomic mass is 10.2. The van der Waals surface area contributed by atoms with E-state index in [1.165, 1.54) is 24.3 Å². The summed E-state index contributed by atoms with van der Waals surface area (Å²) in [6.45, 7) is -0.244. The summed E-state index contributed by atoms with van der Waals surface area (Å²) in [7, 11) is 0. The van der Waals surface area contributed by atoms with Crippen molar-refractivity contribution in [2.75, 3.05) is 6.54 Å². The number of rotatable bonds is 4. The van der Waals surface area contributed by atoms with E-state index in [1.54, 1.807) is 0 Å². The first-order valence-corrected chi connectivity index (χ1v) is 6.46. The zero-order valence-electron chi connectivity index (χ0n) is 11.9. The van der Waals surface area contributed by atoms with Crippen molar-refractivity contribution in [2.45, 2.75) is 25.2 Å². The first-order valence-electron chi connectivity index (χ1n) is 6.46. The van der Waals surface area contributed by atoms with Crippen molar-refractivity contribution in [3.63, 3.8) is 0 Å². The Labute approximate surface area is 130 Å². The summed E-state index contributed by atoms with van der Waals surface area (Å²) in [6.07, 6.45) is -1.78. The highest BCUT2D eigenvalue weighted by molar-refractivity contribution is 5.80. The summed E-state index contributed by atoms with van der Waals surface area (Å²) in [5, 5.41) is 29.0. The van der Waals surface area contributed by atoms with E-state index in [-0.39, 0.29) is 30.7 Å². The number of carboxylic acids is 1. The molecule has 2 atom stereocenters. The number of β-amino-alcohol motifs (C(OH)–C–C–N with tert-alkyl or cyclic N) is 1. The number of amides is 1. The molecule has 0 aliphatic carbocycles. The van der Waals surface area contributed by atoms with Crippen LogP contribution in [0.1, 0.15) is 12.0 Å². The molecule has 1 aliphatic heterocycles. The van der Waals surface area contributed by atoms with E-state index in [4.69, 9.17) is 9.84 Å². The number of hydrogen-bond acceptors (Lipinski definition) is 6. The number of hydrogen-bond donors (Lipinski definition) is 2. The molecular formula is C13H16N2O8. The van der Waals surface area contributed by atoms with Gasteiger partial charge in [-0.3, -0.25) is 15.0 Å². The lowest BCUT2D eigenvalue weighted by Gasteiger charge is -2.20. The number of nitro benzene ring substituents is 1. The van der Waals surface area contributed by atoms with Crippen molar-refractivity contribution in [3.05, 3.63) is 39.9 Å². The summed E-state index contributed by atoms with van der Waals surface area (Å²) >= 11 is 0. The Bertz CT molecular complexity index is 588. The molecule has 0 saturated carbocycles. The maximum absolute atomic E-state index is 11.9. The SMILES string of the molecule is O.O=C(O)[C@@H]1C[C@@H](O)CN1C(=O)OCc1ccc([N+](=O)[O-])cc1. The number of aliphatic carboxylic acids is 1. The van der Waals surface area contributed by atoms with Crippen molar-refractivity contribution >= 4 is 17.7 Å². The zero-order valence-corrected chi connectivity index (χ0v) is 11.9. The van der Waals surface area contributed by atoms with Gasteiger partial charge >= 0.3 is 12.1 Å². The van der Waals surface area contributed by atoms with Gasteiger partial charge in [0.1, 0.15) is 12.6 Å². The third-order valence-corrected chi connectivity index (χ3v) is 3.31. The van der Waals surface area contributed by atoms with E-state index in [2.05, 4.69) is 0 Å². The molecule has 1 saturated heterocycles. The van der Waals surface area contributed by atoms with Crippen LogP contribution in [-0.2, 0) is 16.1 Å². The summed E-state index contributed by atoms with van der Waals surface area (Å²) in [4.78, 5) is 33.8. The average molecular weight is 328 g/mol. The quantitative estimate of drug-likeness (QED) is 0.577. The predicted octanol–water partition coefficient (Wildman–Crippen LogP) is -0.0735. The second-order valence-corrected chi connectivity index (χ2v) is 4.87. The van der Waals surface area contributed by atoms with Crippen LogP contribution in [0.2, 0.25) is 0 Å².